The van der Waals surface area contributed by atoms with E-state index < -0.39 is 6.04 Å². The van der Waals surface area contributed by atoms with Crippen LogP contribution in [0, 0.1) is 18.3 Å². The zero-order valence-electron chi connectivity index (χ0n) is 18.1. The average Bonchev–Trinajstić information content (AvgIpc) is 3.29. The maximum atomic E-state index is 13.1. The van der Waals surface area contributed by atoms with E-state index >= 15 is 0 Å². The molecule has 2 aromatic carbocycles. The van der Waals surface area contributed by atoms with Gasteiger partial charge >= 0.3 is 0 Å². The first-order valence-electron chi connectivity index (χ1n) is 10.6. The molecule has 164 valence electrons. The third-order valence-electron chi connectivity index (χ3n) is 5.11. The fourth-order valence-corrected chi connectivity index (χ4v) is 3.38. The minimum absolute atomic E-state index is 0.196. The monoisotopic (exact) mass is 437 g/mol. The van der Waals surface area contributed by atoms with Crippen LogP contribution in [0.3, 0.4) is 0 Å². The van der Waals surface area contributed by atoms with Crippen molar-refractivity contribution in [2.45, 2.75) is 19.4 Å². The number of pyridine rings is 1. The van der Waals surface area contributed by atoms with E-state index in [1.165, 1.54) is 0 Å². The second kappa shape index (κ2) is 10.3. The summed E-state index contributed by atoms with van der Waals surface area (Å²) in [4.78, 5) is 17.5. The van der Waals surface area contributed by atoms with Gasteiger partial charge in [-0.1, -0.05) is 47.7 Å². The van der Waals surface area contributed by atoms with E-state index in [1.54, 1.807) is 35.3 Å². The standard InChI is InChI=1S/C25H23N7O/c1-18-17-32(31-30-18)22-11-12-23(28-16-22)29-25(33)24(21-5-3-2-4-6-21)27-14-13-19-7-9-20(15-26)10-8-19/h2-12,16-17,24,27H,13-14H2,1H3,(H,28,29,33). The largest absolute Gasteiger partial charge is 0.309 e. The van der Waals surface area contributed by atoms with E-state index in [4.69, 9.17) is 5.26 Å². The number of nitrogens with one attached hydrogen (secondary N) is 2. The second-order valence-electron chi connectivity index (χ2n) is 7.55. The van der Waals surface area contributed by atoms with Crippen molar-refractivity contribution >= 4 is 11.7 Å². The molecule has 1 atom stereocenters. The van der Waals surface area contributed by atoms with Gasteiger partial charge in [-0.25, -0.2) is 9.67 Å². The molecule has 0 bridgehead atoms. The SMILES string of the molecule is Cc1cn(-c2ccc(NC(=O)C(NCCc3ccc(C#N)cc3)c3ccccc3)nc2)nn1. The van der Waals surface area contributed by atoms with Crippen LogP contribution in [0.25, 0.3) is 5.69 Å². The first-order valence-corrected chi connectivity index (χ1v) is 10.6. The summed E-state index contributed by atoms with van der Waals surface area (Å²) in [5, 5.41) is 23.2. The molecule has 0 radical (unpaired) electrons. The number of hydrogen-bond acceptors (Lipinski definition) is 6. The molecule has 33 heavy (non-hydrogen) atoms. The number of nitrogens with zero attached hydrogens (tertiary/aromatic N) is 5. The quantitative estimate of drug-likeness (QED) is 0.438. The zero-order chi connectivity index (χ0) is 23.0. The third kappa shape index (κ3) is 5.67. The Morgan fingerprint density at radius 1 is 1.09 bits per heavy atom. The molecule has 4 aromatic rings. The molecule has 0 aliphatic carbocycles. The lowest BCUT2D eigenvalue weighted by atomic mass is 10.1. The van der Waals surface area contributed by atoms with Crippen LogP contribution >= 0.6 is 0 Å². The lowest BCUT2D eigenvalue weighted by Crippen LogP contribution is -2.34. The molecule has 4 rings (SSSR count). The van der Waals surface area contributed by atoms with Crippen molar-refractivity contribution in [3.63, 3.8) is 0 Å². The number of benzene rings is 2. The van der Waals surface area contributed by atoms with E-state index in [1.807, 2.05) is 55.5 Å². The summed E-state index contributed by atoms with van der Waals surface area (Å²) in [5.41, 5.74) is 4.16. The first kappa shape index (κ1) is 21.9. The predicted octanol–water partition coefficient (Wildman–Crippen LogP) is 3.35. The normalized spacial score (nSPS) is 11.5. The number of anilines is 1. The van der Waals surface area contributed by atoms with Crippen molar-refractivity contribution in [3.8, 4) is 11.8 Å². The number of aromatic nitrogens is 4. The Hall–Kier alpha value is -4.35. The lowest BCUT2D eigenvalue weighted by Gasteiger charge is -2.19. The van der Waals surface area contributed by atoms with Gasteiger partial charge in [-0.2, -0.15) is 5.26 Å². The molecule has 1 amide bonds. The van der Waals surface area contributed by atoms with Gasteiger partial charge in [-0.3, -0.25) is 4.79 Å². The van der Waals surface area contributed by atoms with Gasteiger partial charge in [0.15, 0.2) is 0 Å². The van der Waals surface area contributed by atoms with Gasteiger partial charge in [-0.05, 0) is 48.7 Å². The van der Waals surface area contributed by atoms with Crippen LogP contribution in [0.4, 0.5) is 5.82 Å². The Morgan fingerprint density at radius 3 is 2.52 bits per heavy atom. The van der Waals surface area contributed by atoms with Gasteiger partial charge in [0, 0.05) is 6.54 Å². The van der Waals surface area contributed by atoms with Crippen LogP contribution in [0.2, 0.25) is 0 Å². The predicted molar refractivity (Wildman–Crippen MR) is 125 cm³/mol. The molecule has 0 aliphatic heterocycles. The molecule has 8 heteroatoms. The summed E-state index contributed by atoms with van der Waals surface area (Å²) in [6.45, 7) is 2.46. The minimum Gasteiger partial charge on any atom is -0.309 e. The van der Waals surface area contributed by atoms with Crippen molar-refractivity contribution < 1.29 is 4.79 Å². The molecule has 0 saturated heterocycles. The maximum Gasteiger partial charge on any atom is 0.247 e. The van der Waals surface area contributed by atoms with E-state index in [2.05, 4.69) is 32.0 Å². The number of aryl methyl sites for hydroxylation is 1. The zero-order valence-corrected chi connectivity index (χ0v) is 18.1. The van der Waals surface area contributed by atoms with Crippen molar-refractivity contribution in [1.29, 1.82) is 5.26 Å². The summed E-state index contributed by atoms with van der Waals surface area (Å²) >= 11 is 0. The topological polar surface area (TPSA) is 109 Å². The Morgan fingerprint density at radius 2 is 1.88 bits per heavy atom. The Kier molecular flexibility index (Phi) is 6.83. The van der Waals surface area contributed by atoms with Crippen LogP contribution in [-0.2, 0) is 11.2 Å². The molecule has 0 aliphatic rings. The molecule has 2 heterocycles. The summed E-state index contributed by atoms with van der Waals surface area (Å²) in [6.07, 6.45) is 4.17. The molecule has 8 nitrogen and oxygen atoms in total. The maximum absolute atomic E-state index is 13.1. The summed E-state index contributed by atoms with van der Waals surface area (Å²) < 4.78 is 1.63. The highest BCUT2D eigenvalue weighted by Gasteiger charge is 2.20. The van der Waals surface area contributed by atoms with Crippen LogP contribution in [0.1, 0.15) is 28.4 Å². The van der Waals surface area contributed by atoms with E-state index in [0.29, 0.717) is 17.9 Å². The van der Waals surface area contributed by atoms with Crippen LogP contribution in [-0.4, -0.2) is 32.4 Å². The Labute approximate surface area is 191 Å². The third-order valence-corrected chi connectivity index (χ3v) is 5.11. The summed E-state index contributed by atoms with van der Waals surface area (Å²) in [6, 6.07) is 22.2. The summed E-state index contributed by atoms with van der Waals surface area (Å²) in [7, 11) is 0. The molecular weight excluding hydrogens is 414 g/mol. The molecule has 1 unspecified atom stereocenters. The molecule has 0 saturated carbocycles. The van der Waals surface area contributed by atoms with Gasteiger partial charge in [0.1, 0.15) is 11.9 Å². The second-order valence-corrected chi connectivity index (χ2v) is 7.55. The van der Waals surface area contributed by atoms with Crippen LogP contribution < -0.4 is 10.6 Å². The molecule has 2 N–H and O–H groups in total. The average molecular weight is 438 g/mol. The number of carbonyl (C=O) groups is 1. The number of hydrogen-bond donors (Lipinski definition) is 2. The molecule has 0 fully saturated rings. The molecule has 0 spiro atoms. The van der Waals surface area contributed by atoms with Crippen molar-refractivity contribution in [3.05, 3.63) is 102 Å². The lowest BCUT2D eigenvalue weighted by molar-refractivity contribution is -0.118. The van der Waals surface area contributed by atoms with Crippen LogP contribution in [0.15, 0.2) is 79.1 Å². The number of nitriles is 1. The minimum atomic E-state index is -0.538. The highest BCUT2D eigenvalue weighted by Crippen LogP contribution is 2.16. The van der Waals surface area contributed by atoms with Gasteiger partial charge in [0.05, 0.1) is 35.4 Å². The fraction of sp³-hybridized carbons (Fsp3) is 0.160. The highest BCUT2D eigenvalue weighted by atomic mass is 16.2. The van der Waals surface area contributed by atoms with Gasteiger partial charge in [-0.15, -0.1) is 5.10 Å². The van der Waals surface area contributed by atoms with Crippen molar-refractivity contribution in [1.82, 2.24) is 25.3 Å². The van der Waals surface area contributed by atoms with Crippen LogP contribution in [0.5, 0.6) is 0 Å². The van der Waals surface area contributed by atoms with Gasteiger partial charge < -0.3 is 10.6 Å². The fourth-order valence-electron chi connectivity index (χ4n) is 3.38. The Bertz CT molecular complexity index is 1240. The molecular formula is C25H23N7O. The smallest absolute Gasteiger partial charge is 0.247 e. The van der Waals surface area contributed by atoms with Crippen molar-refractivity contribution in [2.75, 3.05) is 11.9 Å². The number of amides is 1. The number of rotatable bonds is 8. The van der Waals surface area contributed by atoms with E-state index in [0.717, 1.165) is 28.9 Å². The van der Waals surface area contributed by atoms with E-state index in [9.17, 15) is 4.79 Å². The van der Waals surface area contributed by atoms with Crippen molar-refractivity contribution in [2.24, 2.45) is 0 Å². The number of carbonyl (C=O) groups excluding carboxylic acids is 1. The molecule has 2 aromatic heterocycles. The summed E-state index contributed by atoms with van der Waals surface area (Å²) in [5.74, 6) is 0.258. The highest BCUT2D eigenvalue weighted by molar-refractivity contribution is 5.94. The first-order chi connectivity index (χ1) is 16.1. The van der Waals surface area contributed by atoms with E-state index in [-0.39, 0.29) is 5.91 Å². The van der Waals surface area contributed by atoms with Gasteiger partial charge in [0.25, 0.3) is 0 Å². The van der Waals surface area contributed by atoms with Gasteiger partial charge in [0.2, 0.25) is 5.91 Å². The Balaban J connectivity index is 1.42.